The van der Waals surface area contributed by atoms with Crippen molar-refractivity contribution in [3.8, 4) is 17.4 Å². The normalized spacial score (nSPS) is 25.0. The molecule has 1 aromatic heterocycles. The molecule has 3 atom stereocenters. The van der Waals surface area contributed by atoms with Crippen molar-refractivity contribution in [2.24, 2.45) is 5.92 Å². The number of aliphatic hydroxyl groups is 1. The van der Waals surface area contributed by atoms with Gasteiger partial charge in [-0.1, -0.05) is 36.4 Å². The van der Waals surface area contributed by atoms with Gasteiger partial charge in [0, 0.05) is 37.4 Å². The number of piperidine rings is 2. The number of anilines is 1. The van der Waals surface area contributed by atoms with Crippen LogP contribution in [0.3, 0.4) is 0 Å². The summed E-state index contributed by atoms with van der Waals surface area (Å²) >= 11 is 0. The number of benzene rings is 2. The number of carbonyl (C=O) groups excluding carboxylic acids is 1. The summed E-state index contributed by atoms with van der Waals surface area (Å²) in [5, 5.41) is 14.5. The number of alkyl halides is 2. The van der Waals surface area contributed by atoms with E-state index in [9.17, 15) is 14.7 Å². The summed E-state index contributed by atoms with van der Waals surface area (Å²) in [7, 11) is 1.56. The van der Waals surface area contributed by atoms with Crippen LogP contribution in [0.2, 0.25) is 0 Å². The highest BCUT2D eigenvalue weighted by atomic mass is 19.3. The third-order valence-electron chi connectivity index (χ3n) is 9.11. The number of amides is 1. The van der Waals surface area contributed by atoms with Gasteiger partial charge in [-0.05, 0) is 48.9 Å². The third kappa shape index (κ3) is 5.75. The minimum Gasteiger partial charge on any atom is -0.496 e. The minimum absolute atomic E-state index is 0.0755. The van der Waals surface area contributed by atoms with Gasteiger partial charge in [0.05, 0.1) is 20.2 Å². The highest BCUT2D eigenvalue weighted by Crippen LogP contribution is 2.45. The number of nitrogens with one attached hydrogen (secondary N) is 1. The lowest BCUT2D eigenvalue weighted by Crippen LogP contribution is -2.64. The van der Waals surface area contributed by atoms with Crippen molar-refractivity contribution in [2.75, 3.05) is 39.0 Å². The molecule has 12 heteroatoms. The summed E-state index contributed by atoms with van der Waals surface area (Å²) < 4.78 is 43.4. The van der Waals surface area contributed by atoms with Gasteiger partial charge in [-0.15, -0.1) is 0 Å². The van der Waals surface area contributed by atoms with Crippen LogP contribution >= 0.6 is 0 Å². The molecule has 1 amide bonds. The summed E-state index contributed by atoms with van der Waals surface area (Å²) in [5.74, 6) is -3.36. The number of methoxy groups -OCH3 is 1. The highest BCUT2D eigenvalue weighted by Gasteiger charge is 2.57. The molecule has 10 nitrogen and oxygen atoms in total. The molecule has 234 valence electrons. The smallest absolute Gasteiger partial charge is 0.295 e. The molecule has 0 spiro atoms. The first-order chi connectivity index (χ1) is 21.1. The zero-order valence-corrected chi connectivity index (χ0v) is 24.5. The molecule has 0 radical (unpaired) electrons. The maximum atomic E-state index is 15.6. The standard InChI is InChI=1S/C32H37F2N5O5/c1-43-26-15-22(9-10-23(26)21-7-8-21)44-28-27(35)30(41)39(19-37-28)17-31(42)12-14-38(18-32(31,33)34)29(40)24-11-13-36-16-25(24)20-5-3-2-4-6-20/h2-6,9-10,15,19,21,24-25,36,42H,7-8,11-14,16-18,35H2,1H3/t24-,25+,31+/m1/s1. The van der Waals surface area contributed by atoms with Crippen LogP contribution in [0.25, 0.3) is 0 Å². The first-order valence-electron chi connectivity index (χ1n) is 15.0. The predicted molar refractivity (Wildman–Crippen MR) is 159 cm³/mol. The first kappa shape index (κ1) is 30.0. The van der Waals surface area contributed by atoms with E-state index in [1.807, 2.05) is 36.4 Å². The molecule has 0 unspecified atom stereocenters. The average molecular weight is 610 g/mol. The van der Waals surface area contributed by atoms with Gasteiger partial charge in [-0.25, -0.2) is 13.8 Å². The summed E-state index contributed by atoms with van der Waals surface area (Å²) in [6.07, 6.45) is 3.32. The quantitative estimate of drug-likeness (QED) is 0.354. The summed E-state index contributed by atoms with van der Waals surface area (Å²) in [4.78, 5) is 31.9. The lowest BCUT2D eigenvalue weighted by Gasteiger charge is -2.46. The largest absolute Gasteiger partial charge is 0.496 e. The van der Waals surface area contributed by atoms with Crippen molar-refractivity contribution in [1.82, 2.24) is 19.8 Å². The Kier molecular flexibility index (Phi) is 8.06. The van der Waals surface area contributed by atoms with Crippen molar-refractivity contribution >= 4 is 11.6 Å². The third-order valence-corrected chi connectivity index (χ3v) is 9.11. The zero-order valence-electron chi connectivity index (χ0n) is 24.5. The zero-order chi connectivity index (χ0) is 31.1. The number of nitrogens with zero attached hydrogens (tertiary/aromatic N) is 3. The number of hydrogen-bond acceptors (Lipinski definition) is 8. The van der Waals surface area contributed by atoms with E-state index in [-0.39, 0.29) is 29.9 Å². The molecule has 3 heterocycles. The van der Waals surface area contributed by atoms with E-state index in [4.69, 9.17) is 15.2 Å². The van der Waals surface area contributed by atoms with Crippen LogP contribution in [0.15, 0.2) is 59.7 Å². The molecule has 1 aliphatic carbocycles. The maximum Gasteiger partial charge on any atom is 0.295 e. The molecule has 0 bridgehead atoms. The topological polar surface area (TPSA) is 132 Å². The van der Waals surface area contributed by atoms with E-state index in [2.05, 4.69) is 10.3 Å². The molecule has 1 saturated carbocycles. The van der Waals surface area contributed by atoms with Gasteiger partial charge >= 0.3 is 0 Å². The maximum absolute atomic E-state index is 15.6. The lowest BCUT2D eigenvalue weighted by atomic mass is 9.79. The fourth-order valence-corrected chi connectivity index (χ4v) is 6.35. The highest BCUT2D eigenvalue weighted by molar-refractivity contribution is 5.80. The number of rotatable bonds is 8. The Bertz CT molecular complexity index is 1580. The monoisotopic (exact) mass is 609 g/mol. The Labute approximate surface area is 253 Å². The Balaban J connectivity index is 1.15. The number of likely N-dealkylation sites (tertiary alicyclic amines) is 1. The van der Waals surface area contributed by atoms with E-state index in [0.717, 1.165) is 39.8 Å². The van der Waals surface area contributed by atoms with Crippen molar-refractivity contribution < 1.29 is 28.2 Å². The second kappa shape index (κ2) is 11.8. The van der Waals surface area contributed by atoms with Gasteiger partial charge in [0.2, 0.25) is 11.8 Å². The summed E-state index contributed by atoms with van der Waals surface area (Å²) in [5.41, 5.74) is 4.29. The minimum atomic E-state index is -3.70. The number of halogens is 2. The van der Waals surface area contributed by atoms with Crippen LogP contribution < -0.4 is 26.1 Å². The van der Waals surface area contributed by atoms with Crippen LogP contribution in [0.5, 0.6) is 17.4 Å². The molecule has 44 heavy (non-hydrogen) atoms. The lowest BCUT2D eigenvalue weighted by molar-refractivity contribution is -0.223. The van der Waals surface area contributed by atoms with E-state index < -0.39 is 42.5 Å². The van der Waals surface area contributed by atoms with E-state index in [0.29, 0.717) is 36.9 Å². The molecule has 3 aromatic rings. The van der Waals surface area contributed by atoms with Gasteiger partial charge in [0.15, 0.2) is 5.69 Å². The van der Waals surface area contributed by atoms with Crippen molar-refractivity contribution in [3.63, 3.8) is 0 Å². The Morgan fingerprint density at radius 3 is 2.66 bits per heavy atom. The number of aromatic nitrogens is 2. The number of carbonyl (C=O) groups is 1. The average Bonchev–Trinajstić information content (AvgIpc) is 3.88. The summed E-state index contributed by atoms with van der Waals surface area (Å²) in [6, 6.07) is 14.9. The number of nitrogens with two attached hydrogens (primary N) is 1. The van der Waals surface area contributed by atoms with Crippen molar-refractivity contribution in [2.45, 2.75) is 55.6 Å². The van der Waals surface area contributed by atoms with Crippen LogP contribution in [0.1, 0.15) is 48.6 Å². The fourth-order valence-electron chi connectivity index (χ4n) is 6.35. The first-order valence-corrected chi connectivity index (χ1v) is 15.0. The Morgan fingerprint density at radius 1 is 1.18 bits per heavy atom. The molecular weight excluding hydrogens is 572 g/mol. The molecule has 2 aromatic carbocycles. The van der Waals surface area contributed by atoms with Gasteiger partial charge in [-0.3, -0.25) is 14.2 Å². The van der Waals surface area contributed by atoms with Crippen molar-refractivity contribution in [1.29, 1.82) is 0 Å². The Morgan fingerprint density at radius 2 is 1.95 bits per heavy atom. The molecule has 4 N–H and O–H groups in total. The predicted octanol–water partition coefficient (Wildman–Crippen LogP) is 3.50. The van der Waals surface area contributed by atoms with E-state index >= 15 is 8.78 Å². The van der Waals surface area contributed by atoms with E-state index in [1.54, 1.807) is 19.2 Å². The number of ether oxygens (including phenoxy) is 2. The van der Waals surface area contributed by atoms with Gasteiger partial charge in [0.1, 0.15) is 23.4 Å². The van der Waals surface area contributed by atoms with Crippen LogP contribution in [-0.2, 0) is 11.3 Å². The summed E-state index contributed by atoms with van der Waals surface area (Å²) in [6.45, 7) is -0.587. The van der Waals surface area contributed by atoms with Gasteiger partial charge in [-0.2, -0.15) is 0 Å². The fraction of sp³-hybridized carbons (Fsp3) is 0.469. The molecule has 2 aliphatic heterocycles. The SMILES string of the molecule is COc1cc(Oc2ncn(C[C@@]3(O)CCN(C(=O)[C@@H]4CCNC[C@H]4c4ccccc4)CC3(F)F)c(=O)c2N)ccc1C1CC1. The molecular formula is C32H37F2N5O5. The van der Waals surface area contributed by atoms with Gasteiger partial charge in [0.25, 0.3) is 11.5 Å². The number of nitrogen functional groups attached to an aromatic ring is 1. The second-order valence-corrected chi connectivity index (χ2v) is 12.0. The van der Waals surface area contributed by atoms with Crippen LogP contribution in [0.4, 0.5) is 14.5 Å². The van der Waals surface area contributed by atoms with Gasteiger partial charge < -0.3 is 30.5 Å². The Hall–Kier alpha value is -4.03. The molecule has 3 fully saturated rings. The molecule has 2 saturated heterocycles. The molecule has 3 aliphatic rings. The number of hydrogen-bond donors (Lipinski definition) is 3. The second-order valence-electron chi connectivity index (χ2n) is 12.0. The van der Waals surface area contributed by atoms with E-state index in [1.165, 1.54) is 0 Å². The molecule has 6 rings (SSSR count). The van der Waals surface area contributed by atoms with Crippen LogP contribution in [-0.4, -0.2) is 70.3 Å². The van der Waals surface area contributed by atoms with Crippen molar-refractivity contribution in [3.05, 3.63) is 76.3 Å². The van der Waals surface area contributed by atoms with Crippen LogP contribution in [0, 0.1) is 5.92 Å².